The maximum absolute atomic E-state index is 10.7. The molecule has 0 radical (unpaired) electrons. The lowest BCUT2D eigenvalue weighted by Crippen LogP contribution is -2.13. The largest absolute Gasteiger partial charge is 0.872 e. The molecule has 0 heterocycles. The summed E-state index contributed by atoms with van der Waals surface area (Å²) in [5.41, 5.74) is -0.356. The van der Waals surface area contributed by atoms with Crippen LogP contribution < -0.4 is 10.2 Å². The molecule has 0 aliphatic carbocycles. The predicted octanol–water partition coefficient (Wildman–Crippen LogP) is 13.1. The van der Waals surface area contributed by atoms with Gasteiger partial charge in [-0.2, -0.15) is 0 Å². The molecule has 0 aromatic heterocycles. The number of aromatic carboxylic acids is 2. The molecule has 2 aromatic carbocycles. The second-order valence-electron chi connectivity index (χ2n) is 15.3. The number of benzene rings is 2. The number of hydrogen-bond donors (Lipinski definition) is 2. The van der Waals surface area contributed by atoms with Gasteiger partial charge in [0.15, 0.2) is 0 Å². The van der Waals surface area contributed by atoms with E-state index in [9.17, 15) is 19.8 Å². The fourth-order valence-corrected chi connectivity index (χ4v) is 17.6. The summed E-state index contributed by atoms with van der Waals surface area (Å²) < 4.78 is 0. The highest BCUT2D eigenvalue weighted by atomic mass is 31.2. The van der Waals surface area contributed by atoms with Crippen LogP contribution in [0.3, 0.4) is 0 Å². The third-order valence-corrected chi connectivity index (χ3v) is 20.8. The van der Waals surface area contributed by atoms with Gasteiger partial charge in [0, 0.05) is 14.5 Å². The summed E-state index contributed by atoms with van der Waals surface area (Å²) in [5.74, 6) is -3.25. The number of carboxylic acids is 2. The lowest BCUT2D eigenvalue weighted by Gasteiger charge is -2.28. The highest BCUT2D eigenvalue weighted by molar-refractivity contribution is 7.76. The molecule has 0 saturated carbocycles. The topological polar surface area (TPSA) is 121 Å². The lowest BCUT2D eigenvalue weighted by atomic mass is 10.1. The van der Waals surface area contributed by atoms with E-state index in [4.69, 9.17) is 10.2 Å². The number of rotatable bonds is 29. The van der Waals surface area contributed by atoms with Gasteiger partial charge < -0.3 is 20.4 Å². The molecule has 2 aromatic rings. The van der Waals surface area contributed by atoms with Crippen LogP contribution in [0.15, 0.2) is 48.5 Å². The molecule has 6 nitrogen and oxygen atoms in total. The lowest BCUT2D eigenvalue weighted by molar-refractivity contribution is -0.269. The molecule has 0 bridgehead atoms. The number of hydrogen-bond acceptors (Lipinski definition) is 4. The predicted molar refractivity (Wildman–Crippen MR) is 236 cm³/mol. The summed E-state index contributed by atoms with van der Waals surface area (Å²) in [4.78, 5) is 20.4. The first-order chi connectivity index (χ1) is 26.0. The molecule has 310 valence electrons. The summed E-state index contributed by atoms with van der Waals surface area (Å²) >= 11 is 0. The molecule has 54 heavy (non-hydrogen) atoms. The minimum atomic E-state index is -1.18. The standard InChI is InChI=1S/C32H70P2.2C7H6O3/c1-7-13-25-33(26-14-8-2,27-15-9-3)31-23-21-19-20-22-24-32-34(28-16-10-4,29-17-11-5)30-18-12-6;2*8-6-4-2-1-3-5(6)7(9)10/h7-32H2,1-6H3;2*1-4,8H,(H,9,10)/q+2;;/p-2. The van der Waals surface area contributed by atoms with Gasteiger partial charge in [0.1, 0.15) is 0 Å². The van der Waals surface area contributed by atoms with Crippen molar-refractivity contribution in [2.45, 2.75) is 157 Å². The molecule has 0 fully saturated rings. The van der Waals surface area contributed by atoms with Crippen molar-refractivity contribution in [3.05, 3.63) is 59.7 Å². The second kappa shape index (κ2) is 33.0. The fraction of sp³-hybridized carbons (Fsp3) is 0.696. The van der Waals surface area contributed by atoms with Gasteiger partial charge in [-0.25, -0.2) is 9.59 Å². The molecule has 0 saturated heterocycles. The Labute approximate surface area is 333 Å². The number of carboxylic acid groups (broad SMARTS) is 2. The Kier molecular flexibility index (Phi) is 31.7. The summed E-state index contributed by atoms with van der Waals surface area (Å²) in [6.07, 6.45) is 39.5. The van der Waals surface area contributed by atoms with Crippen molar-refractivity contribution in [1.29, 1.82) is 0 Å². The van der Waals surface area contributed by atoms with Gasteiger partial charge in [-0.1, -0.05) is 141 Å². The number of para-hydroxylation sites is 2. The van der Waals surface area contributed by atoms with Crippen molar-refractivity contribution in [2.24, 2.45) is 0 Å². The van der Waals surface area contributed by atoms with E-state index in [2.05, 4.69) is 41.5 Å². The first-order valence-electron chi connectivity index (χ1n) is 21.7. The quantitative estimate of drug-likeness (QED) is 0.0625. The third-order valence-electron chi connectivity index (χ3n) is 10.7. The van der Waals surface area contributed by atoms with Crippen LogP contribution in [0.5, 0.6) is 11.5 Å². The highest BCUT2D eigenvalue weighted by Crippen LogP contribution is 2.62. The SMILES string of the molecule is CCCC[P+](CCCC)(CCCC)CCCCCCCC[P+](CCCC)(CCCC)CCCC.O=C(O)c1ccccc1[O-].O=C(O)c1ccccc1[O-]. The summed E-state index contributed by atoms with van der Waals surface area (Å²) in [5, 5.41) is 38.1. The first-order valence-corrected chi connectivity index (χ1v) is 26.8. The Bertz CT molecular complexity index is 1080. The van der Waals surface area contributed by atoms with Gasteiger partial charge in [-0.05, 0) is 76.3 Å². The minimum Gasteiger partial charge on any atom is -0.872 e. The van der Waals surface area contributed by atoms with Crippen LogP contribution in [0, 0.1) is 0 Å². The van der Waals surface area contributed by atoms with Crippen LogP contribution in [-0.2, 0) is 0 Å². The van der Waals surface area contributed by atoms with E-state index in [0.717, 1.165) is 0 Å². The van der Waals surface area contributed by atoms with Gasteiger partial charge in [0.05, 0.1) is 60.4 Å². The van der Waals surface area contributed by atoms with Crippen LogP contribution in [0.2, 0.25) is 0 Å². The Morgan fingerprint density at radius 3 is 0.833 bits per heavy atom. The van der Waals surface area contributed by atoms with Gasteiger partial charge in [-0.15, -0.1) is 0 Å². The smallest absolute Gasteiger partial charge is 0.335 e. The van der Waals surface area contributed by atoms with E-state index in [-0.39, 0.29) is 11.1 Å². The minimum absolute atomic E-state index is 0.178. The molecule has 2 N–H and O–H groups in total. The number of carbonyl (C=O) groups is 2. The summed E-state index contributed by atoms with van der Waals surface area (Å²) in [6.45, 7) is 14.4. The van der Waals surface area contributed by atoms with Crippen molar-refractivity contribution in [2.75, 3.05) is 49.3 Å². The molecule has 0 aliphatic rings. The normalized spacial score (nSPS) is 11.3. The molecular weight excluding hydrogens is 710 g/mol. The maximum atomic E-state index is 10.7. The molecule has 0 aliphatic heterocycles. The zero-order chi connectivity index (χ0) is 40.5. The van der Waals surface area contributed by atoms with Crippen molar-refractivity contribution in [3.63, 3.8) is 0 Å². The maximum Gasteiger partial charge on any atom is 0.335 e. The van der Waals surface area contributed by atoms with Gasteiger partial charge in [-0.3, -0.25) is 0 Å². The van der Waals surface area contributed by atoms with E-state index in [0.29, 0.717) is 0 Å². The van der Waals surface area contributed by atoms with E-state index < -0.39 is 38.0 Å². The van der Waals surface area contributed by atoms with Crippen LogP contribution in [0.1, 0.15) is 178 Å². The van der Waals surface area contributed by atoms with Gasteiger partial charge >= 0.3 is 11.9 Å². The highest BCUT2D eigenvalue weighted by Gasteiger charge is 2.35. The van der Waals surface area contributed by atoms with E-state index in [1.807, 2.05) is 0 Å². The van der Waals surface area contributed by atoms with E-state index in [1.165, 1.54) is 151 Å². The van der Waals surface area contributed by atoms with Crippen molar-refractivity contribution in [3.8, 4) is 11.5 Å². The zero-order valence-electron chi connectivity index (χ0n) is 35.4. The Morgan fingerprint density at radius 1 is 0.407 bits per heavy atom. The first kappa shape index (κ1) is 51.8. The van der Waals surface area contributed by atoms with Crippen LogP contribution in [-0.4, -0.2) is 71.4 Å². The summed E-state index contributed by atoms with van der Waals surface area (Å²) in [6, 6.07) is 11.1. The molecular formula is C46H80O6P2. The molecule has 0 unspecified atom stereocenters. The molecule has 0 amide bonds. The van der Waals surface area contributed by atoms with E-state index >= 15 is 0 Å². The molecule has 0 atom stereocenters. The Hall–Kier alpha value is -2.16. The van der Waals surface area contributed by atoms with Crippen LogP contribution in [0.4, 0.5) is 0 Å². The van der Waals surface area contributed by atoms with Crippen LogP contribution >= 0.6 is 14.5 Å². The van der Waals surface area contributed by atoms with Gasteiger partial charge in [0.25, 0.3) is 0 Å². The zero-order valence-corrected chi connectivity index (χ0v) is 37.2. The van der Waals surface area contributed by atoms with Crippen molar-refractivity contribution in [1.82, 2.24) is 0 Å². The van der Waals surface area contributed by atoms with Crippen molar-refractivity contribution < 1.29 is 30.0 Å². The van der Waals surface area contributed by atoms with E-state index in [1.54, 1.807) is 62.1 Å². The number of unbranched alkanes of at least 4 members (excludes halogenated alkanes) is 11. The molecule has 0 spiro atoms. The third kappa shape index (κ3) is 23.7. The average molecular weight is 791 g/mol. The molecule has 2 rings (SSSR count). The molecule has 8 heteroatoms. The second-order valence-corrected chi connectivity index (χ2v) is 24.3. The average Bonchev–Trinajstić information content (AvgIpc) is 3.17. The van der Waals surface area contributed by atoms with Crippen molar-refractivity contribution >= 4 is 26.5 Å². The fourth-order valence-electron chi connectivity index (χ4n) is 7.19. The van der Waals surface area contributed by atoms with Crippen LogP contribution in [0.25, 0.3) is 0 Å². The Morgan fingerprint density at radius 2 is 0.630 bits per heavy atom. The Balaban J connectivity index is 0.00000112. The summed E-state index contributed by atoms with van der Waals surface area (Å²) in [7, 11) is -1.31. The van der Waals surface area contributed by atoms with Gasteiger partial charge in [0.2, 0.25) is 0 Å². The monoisotopic (exact) mass is 791 g/mol.